The lowest BCUT2D eigenvalue weighted by Crippen LogP contribution is -2.39. The standard InChI is InChI=1S/C23H25ClN2O4/c1-29-21-13-16(24)6-11-20(21)23(28)26-12-2-3-18(26)14-30-19-9-4-15(5-10-19)22(27)25-17-7-8-17/h4-6,9-11,13,17-18H,2-3,7-8,12,14H2,1H3,(H,25,27). The van der Waals surface area contributed by atoms with Gasteiger partial charge in [-0.1, -0.05) is 11.6 Å². The summed E-state index contributed by atoms with van der Waals surface area (Å²) in [5, 5.41) is 3.50. The lowest BCUT2D eigenvalue weighted by molar-refractivity contribution is 0.0688. The summed E-state index contributed by atoms with van der Waals surface area (Å²) in [5.74, 6) is 1.02. The molecule has 2 aliphatic rings. The Balaban J connectivity index is 1.37. The zero-order valence-corrected chi connectivity index (χ0v) is 17.7. The molecule has 158 valence electrons. The van der Waals surface area contributed by atoms with E-state index >= 15 is 0 Å². The summed E-state index contributed by atoms with van der Waals surface area (Å²) in [6.45, 7) is 1.08. The average Bonchev–Trinajstić information content (AvgIpc) is 3.45. The van der Waals surface area contributed by atoms with Gasteiger partial charge in [-0.2, -0.15) is 0 Å². The summed E-state index contributed by atoms with van der Waals surface area (Å²) in [7, 11) is 1.53. The number of hydrogen-bond donors (Lipinski definition) is 1. The van der Waals surface area contributed by atoms with Crippen molar-refractivity contribution in [1.82, 2.24) is 10.2 Å². The molecular formula is C23H25ClN2O4. The van der Waals surface area contributed by atoms with Gasteiger partial charge in [-0.15, -0.1) is 0 Å². The second-order valence-electron chi connectivity index (χ2n) is 7.72. The SMILES string of the molecule is COc1cc(Cl)ccc1C(=O)N1CCCC1COc1ccc(C(=O)NC2CC2)cc1. The molecule has 2 aromatic carbocycles. The summed E-state index contributed by atoms with van der Waals surface area (Å²) in [4.78, 5) is 27.0. The Hall–Kier alpha value is -2.73. The van der Waals surface area contributed by atoms with E-state index in [2.05, 4.69) is 5.32 Å². The van der Waals surface area contributed by atoms with Gasteiger partial charge in [0.15, 0.2) is 0 Å². The molecule has 1 aliphatic heterocycles. The molecule has 7 heteroatoms. The van der Waals surface area contributed by atoms with Crippen LogP contribution in [0.2, 0.25) is 5.02 Å². The number of amides is 2. The lowest BCUT2D eigenvalue weighted by atomic mass is 10.1. The molecule has 1 saturated carbocycles. The first kappa shape index (κ1) is 20.5. The number of carbonyl (C=O) groups is 2. The molecule has 4 rings (SSSR count). The van der Waals surface area contributed by atoms with E-state index < -0.39 is 0 Å². The summed E-state index contributed by atoms with van der Waals surface area (Å²) in [5.41, 5.74) is 1.13. The Morgan fingerprint density at radius 3 is 2.60 bits per heavy atom. The minimum atomic E-state index is -0.0817. The zero-order chi connectivity index (χ0) is 21.1. The van der Waals surface area contributed by atoms with E-state index in [4.69, 9.17) is 21.1 Å². The van der Waals surface area contributed by atoms with Gasteiger partial charge in [0.2, 0.25) is 0 Å². The van der Waals surface area contributed by atoms with Gasteiger partial charge in [0.1, 0.15) is 18.1 Å². The number of likely N-dealkylation sites (tertiary alicyclic amines) is 1. The van der Waals surface area contributed by atoms with E-state index in [9.17, 15) is 9.59 Å². The molecule has 1 saturated heterocycles. The highest BCUT2D eigenvalue weighted by molar-refractivity contribution is 6.30. The number of carbonyl (C=O) groups excluding carboxylic acids is 2. The van der Waals surface area contributed by atoms with Crippen molar-refractivity contribution in [3.63, 3.8) is 0 Å². The van der Waals surface area contributed by atoms with Crippen molar-refractivity contribution in [3.8, 4) is 11.5 Å². The van der Waals surface area contributed by atoms with Crippen LogP contribution < -0.4 is 14.8 Å². The molecule has 0 bridgehead atoms. The van der Waals surface area contributed by atoms with Crippen LogP contribution in [-0.2, 0) is 0 Å². The topological polar surface area (TPSA) is 67.9 Å². The van der Waals surface area contributed by atoms with Crippen molar-refractivity contribution in [2.24, 2.45) is 0 Å². The van der Waals surface area contributed by atoms with E-state index in [0.29, 0.717) is 46.8 Å². The van der Waals surface area contributed by atoms with Crippen molar-refractivity contribution < 1.29 is 19.1 Å². The van der Waals surface area contributed by atoms with Gasteiger partial charge in [0.05, 0.1) is 18.7 Å². The van der Waals surface area contributed by atoms with Crippen molar-refractivity contribution in [2.45, 2.75) is 37.8 Å². The fourth-order valence-electron chi connectivity index (χ4n) is 3.66. The number of hydrogen-bond acceptors (Lipinski definition) is 4. The zero-order valence-electron chi connectivity index (χ0n) is 16.9. The third-order valence-corrected chi connectivity index (χ3v) is 5.74. The molecule has 6 nitrogen and oxygen atoms in total. The van der Waals surface area contributed by atoms with Gasteiger partial charge in [-0.3, -0.25) is 9.59 Å². The predicted molar refractivity (Wildman–Crippen MR) is 114 cm³/mol. The molecule has 0 spiro atoms. The van der Waals surface area contributed by atoms with Gasteiger partial charge in [-0.25, -0.2) is 0 Å². The van der Waals surface area contributed by atoms with Gasteiger partial charge in [0, 0.05) is 23.2 Å². The number of ether oxygens (including phenoxy) is 2. The largest absolute Gasteiger partial charge is 0.496 e. The van der Waals surface area contributed by atoms with E-state index in [-0.39, 0.29) is 17.9 Å². The summed E-state index contributed by atoms with van der Waals surface area (Å²) >= 11 is 6.01. The molecule has 2 amide bonds. The van der Waals surface area contributed by atoms with Crippen LogP contribution in [0.4, 0.5) is 0 Å². The third-order valence-electron chi connectivity index (χ3n) is 5.50. The van der Waals surface area contributed by atoms with E-state index in [1.165, 1.54) is 7.11 Å². The summed E-state index contributed by atoms with van der Waals surface area (Å²) < 4.78 is 11.3. The first-order chi connectivity index (χ1) is 14.5. The quantitative estimate of drug-likeness (QED) is 0.725. The molecule has 1 unspecified atom stereocenters. The fourth-order valence-corrected chi connectivity index (χ4v) is 3.83. The summed E-state index contributed by atoms with van der Waals surface area (Å²) in [6, 6.07) is 12.5. The minimum absolute atomic E-state index is 0.0178. The Bertz CT molecular complexity index is 927. The number of rotatable bonds is 7. The maximum Gasteiger partial charge on any atom is 0.257 e. The molecule has 1 aliphatic carbocycles. The third kappa shape index (κ3) is 4.70. The highest BCUT2D eigenvalue weighted by Gasteiger charge is 2.31. The monoisotopic (exact) mass is 428 g/mol. The van der Waals surface area contributed by atoms with Crippen molar-refractivity contribution in [2.75, 3.05) is 20.3 Å². The smallest absolute Gasteiger partial charge is 0.257 e. The van der Waals surface area contributed by atoms with Gasteiger partial charge >= 0.3 is 0 Å². The molecule has 1 N–H and O–H groups in total. The first-order valence-electron chi connectivity index (χ1n) is 10.2. The maximum atomic E-state index is 13.1. The number of benzene rings is 2. The fraction of sp³-hybridized carbons (Fsp3) is 0.391. The van der Waals surface area contributed by atoms with Crippen molar-refractivity contribution >= 4 is 23.4 Å². The summed E-state index contributed by atoms with van der Waals surface area (Å²) in [6.07, 6.45) is 3.93. The average molecular weight is 429 g/mol. The van der Waals surface area contributed by atoms with Crippen molar-refractivity contribution in [1.29, 1.82) is 0 Å². The Kier molecular flexibility index (Phi) is 6.13. The van der Waals surface area contributed by atoms with Gasteiger partial charge < -0.3 is 19.7 Å². The molecule has 0 radical (unpaired) electrons. The van der Waals surface area contributed by atoms with Crippen LogP contribution in [0.25, 0.3) is 0 Å². The normalized spacial score (nSPS) is 18.2. The maximum absolute atomic E-state index is 13.1. The van der Waals surface area contributed by atoms with Gasteiger partial charge in [0.25, 0.3) is 11.8 Å². The molecule has 1 atom stereocenters. The molecule has 1 heterocycles. The first-order valence-corrected chi connectivity index (χ1v) is 10.6. The van der Waals surface area contributed by atoms with Crippen LogP contribution in [0.1, 0.15) is 46.4 Å². The molecule has 30 heavy (non-hydrogen) atoms. The van der Waals surface area contributed by atoms with E-state index in [1.807, 2.05) is 4.90 Å². The number of halogens is 1. The number of methoxy groups -OCH3 is 1. The highest BCUT2D eigenvalue weighted by Crippen LogP contribution is 2.28. The molecule has 2 fully saturated rings. The predicted octanol–water partition coefficient (Wildman–Crippen LogP) is 3.92. The van der Waals surface area contributed by atoms with Crippen LogP contribution in [0, 0.1) is 0 Å². The van der Waals surface area contributed by atoms with E-state index in [1.54, 1.807) is 42.5 Å². The second-order valence-corrected chi connectivity index (χ2v) is 8.16. The number of nitrogens with one attached hydrogen (secondary N) is 1. The minimum Gasteiger partial charge on any atom is -0.496 e. The van der Waals surface area contributed by atoms with Crippen LogP contribution in [0.5, 0.6) is 11.5 Å². The van der Waals surface area contributed by atoms with Crippen LogP contribution in [0.15, 0.2) is 42.5 Å². The number of nitrogens with zero attached hydrogens (tertiary/aromatic N) is 1. The molecular weight excluding hydrogens is 404 g/mol. The van der Waals surface area contributed by atoms with Crippen LogP contribution in [0.3, 0.4) is 0 Å². The van der Waals surface area contributed by atoms with Crippen molar-refractivity contribution in [3.05, 3.63) is 58.6 Å². The Morgan fingerprint density at radius 2 is 1.90 bits per heavy atom. The van der Waals surface area contributed by atoms with E-state index in [0.717, 1.165) is 25.7 Å². The Morgan fingerprint density at radius 1 is 1.13 bits per heavy atom. The van der Waals surface area contributed by atoms with Gasteiger partial charge in [-0.05, 0) is 68.1 Å². The van der Waals surface area contributed by atoms with Crippen LogP contribution in [-0.4, -0.2) is 49.1 Å². The molecule has 2 aromatic rings. The molecule has 0 aromatic heterocycles. The second kappa shape index (κ2) is 8.96. The Labute approximate surface area is 181 Å². The van der Waals surface area contributed by atoms with Crippen LogP contribution >= 0.6 is 11.6 Å². The lowest BCUT2D eigenvalue weighted by Gasteiger charge is -2.25. The highest BCUT2D eigenvalue weighted by atomic mass is 35.5.